The number of thiol groups is 1. The average molecular weight is 480 g/mol. The number of urea groups is 1. The van der Waals surface area contributed by atoms with E-state index in [0.717, 1.165) is 16.9 Å². The van der Waals surface area contributed by atoms with Crippen molar-refractivity contribution < 1.29 is 14.3 Å². The fourth-order valence-electron chi connectivity index (χ4n) is 3.17. The van der Waals surface area contributed by atoms with E-state index in [1.165, 1.54) is 4.31 Å². The first kappa shape index (κ1) is 23.5. The highest BCUT2D eigenvalue weighted by atomic mass is 32.1. The van der Waals surface area contributed by atoms with Crippen LogP contribution < -0.4 is 10.1 Å². The van der Waals surface area contributed by atoms with Crippen LogP contribution >= 0.6 is 12.8 Å². The molecule has 0 spiro atoms. The van der Waals surface area contributed by atoms with E-state index >= 15 is 0 Å². The van der Waals surface area contributed by atoms with Gasteiger partial charge in [0.15, 0.2) is 5.65 Å². The SMILES string of the molecule is CCN(S)C(=O)Nc1ccc2ncc(-c3cnn(Cc4cccc(OCCOC)c4)c3)nc2n1. The third kappa shape index (κ3) is 5.80. The van der Waals surface area contributed by atoms with Crippen molar-refractivity contribution in [2.75, 3.05) is 32.2 Å². The summed E-state index contributed by atoms with van der Waals surface area (Å²) in [6.45, 7) is 3.90. The number of hydrogen-bond donors (Lipinski definition) is 2. The molecule has 176 valence electrons. The number of methoxy groups -OCH3 is 1. The average Bonchev–Trinajstić information content (AvgIpc) is 3.32. The van der Waals surface area contributed by atoms with E-state index in [9.17, 15) is 4.79 Å². The summed E-state index contributed by atoms with van der Waals surface area (Å²) >= 11 is 4.10. The van der Waals surface area contributed by atoms with Crippen LogP contribution in [0.15, 0.2) is 55.0 Å². The molecule has 0 bridgehead atoms. The zero-order valence-corrected chi connectivity index (χ0v) is 19.8. The number of anilines is 1. The predicted molar refractivity (Wildman–Crippen MR) is 132 cm³/mol. The molecule has 11 heteroatoms. The highest BCUT2D eigenvalue weighted by Gasteiger charge is 2.11. The number of hydrogen-bond acceptors (Lipinski definition) is 8. The maximum Gasteiger partial charge on any atom is 0.332 e. The standard InChI is InChI=1S/C23H25N7O3S/c1-3-30(34)23(31)28-21-8-7-19-22(27-21)26-20(13-24-19)17-12-25-29(15-17)14-16-5-4-6-18(11-16)33-10-9-32-2/h4-8,11-13,15,34H,3,9-10,14H2,1-2H3,(H,26,27,28,31). The second-order valence-corrected chi connectivity index (χ2v) is 7.84. The van der Waals surface area contributed by atoms with Crippen LogP contribution in [0.4, 0.5) is 10.6 Å². The first-order valence-corrected chi connectivity index (χ1v) is 11.1. The molecule has 10 nitrogen and oxygen atoms in total. The highest BCUT2D eigenvalue weighted by molar-refractivity contribution is 7.78. The number of nitrogens with zero attached hydrogens (tertiary/aromatic N) is 6. The zero-order chi connectivity index (χ0) is 23.9. The molecular weight excluding hydrogens is 454 g/mol. The lowest BCUT2D eigenvalue weighted by atomic mass is 10.2. The fraction of sp³-hybridized carbons (Fsp3) is 0.261. The minimum atomic E-state index is -0.365. The molecule has 3 heterocycles. The molecule has 0 fully saturated rings. The van der Waals surface area contributed by atoms with E-state index in [4.69, 9.17) is 9.47 Å². The molecule has 1 aromatic carbocycles. The molecular formula is C23H25N7O3S. The summed E-state index contributed by atoms with van der Waals surface area (Å²) in [7, 11) is 1.64. The van der Waals surface area contributed by atoms with Crippen molar-refractivity contribution in [2.24, 2.45) is 0 Å². The summed E-state index contributed by atoms with van der Waals surface area (Å²) in [5.41, 5.74) is 3.55. The number of carbonyl (C=O) groups excluding carboxylic acids is 1. The van der Waals surface area contributed by atoms with Gasteiger partial charge in [0, 0.05) is 25.4 Å². The molecule has 4 rings (SSSR count). The van der Waals surface area contributed by atoms with E-state index in [-0.39, 0.29) is 6.03 Å². The number of rotatable bonds is 9. The lowest BCUT2D eigenvalue weighted by Gasteiger charge is -2.13. The Kier molecular flexibility index (Phi) is 7.55. The minimum Gasteiger partial charge on any atom is -0.491 e. The number of nitrogens with one attached hydrogen (secondary N) is 1. The molecule has 34 heavy (non-hydrogen) atoms. The predicted octanol–water partition coefficient (Wildman–Crippen LogP) is 3.66. The van der Waals surface area contributed by atoms with Crippen molar-refractivity contribution in [2.45, 2.75) is 13.5 Å². The number of ether oxygens (including phenoxy) is 2. The Morgan fingerprint density at radius 2 is 2.06 bits per heavy atom. The first-order valence-electron chi connectivity index (χ1n) is 10.7. The van der Waals surface area contributed by atoms with E-state index in [1.54, 1.807) is 31.6 Å². The van der Waals surface area contributed by atoms with Crippen LogP contribution in [0.5, 0.6) is 5.75 Å². The van der Waals surface area contributed by atoms with Crippen molar-refractivity contribution in [3.05, 3.63) is 60.6 Å². The van der Waals surface area contributed by atoms with E-state index < -0.39 is 0 Å². The maximum atomic E-state index is 12.0. The number of aromatic nitrogens is 5. The second-order valence-electron chi connectivity index (χ2n) is 7.36. The summed E-state index contributed by atoms with van der Waals surface area (Å²) in [4.78, 5) is 25.5. The molecule has 0 saturated carbocycles. The molecule has 0 atom stereocenters. The van der Waals surface area contributed by atoms with E-state index in [0.29, 0.717) is 49.0 Å². The minimum absolute atomic E-state index is 0.365. The summed E-state index contributed by atoms with van der Waals surface area (Å²) in [6, 6.07) is 10.9. The monoisotopic (exact) mass is 479 g/mol. The van der Waals surface area contributed by atoms with Gasteiger partial charge in [-0.1, -0.05) is 24.9 Å². The molecule has 0 aliphatic heterocycles. The number of carbonyl (C=O) groups is 1. The van der Waals surface area contributed by atoms with Gasteiger partial charge in [0.2, 0.25) is 0 Å². The third-order valence-corrected chi connectivity index (χ3v) is 5.37. The smallest absolute Gasteiger partial charge is 0.332 e. The van der Waals surface area contributed by atoms with Gasteiger partial charge in [0.25, 0.3) is 0 Å². The van der Waals surface area contributed by atoms with Crippen molar-refractivity contribution in [3.63, 3.8) is 0 Å². The molecule has 0 radical (unpaired) electrons. The lowest BCUT2D eigenvalue weighted by molar-refractivity contribution is 0.146. The van der Waals surface area contributed by atoms with Gasteiger partial charge in [0.1, 0.15) is 23.7 Å². The van der Waals surface area contributed by atoms with Crippen LogP contribution in [0.2, 0.25) is 0 Å². The van der Waals surface area contributed by atoms with Crippen LogP contribution in [-0.4, -0.2) is 61.9 Å². The van der Waals surface area contributed by atoms with Gasteiger partial charge in [-0.25, -0.2) is 14.8 Å². The largest absolute Gasteiger partial charge is 0.491 e. The molecule has 0 saturated heterocycles. The Hall–Kier alpha value is -3.70. The third-order valence-electron chi connectivity index (χ3n) is 4.90. The van der Waals surface area contributed by atoms with Crippen molar-refractivity contribution in [3.8, 4) is 17.0 Å². The van der Waals surface area contributed by atoms with Crippen LogP contribution in [0.3, 0.4) is 0 Å². The Morgan fingerprint density at radius 3 is 2.88 bits per heavy atom. The Bertz CT molecular complexity index is 1280. The quantitative estimate of drug-likeness (QED) is 0.279. The second kappa shape index (κ2) is 10.9. The number of fused-ring (bicyclic) bond motifs is 1. The van der Waals surface area contributed by atoms with Crippen LogP contribution in [0, 0.1) is 0 Å². The highest BCUT2D eigenvalue weighted by Crippen LogP contribution is 2.20. The summed E-state index contributed by atoms with van der Waals surface area (Å²) in [5, 5.41) is 7.15. The van der Waals surface area contributed by atoms with Gasteiger partial charge in [-0.2, -0.15) is 5.10 Å². The van der Waals surface area contributed by atoms with Gasteiger partial charge in [-0.3, -0.25) is 19.3 Å². The molecule has 4 aromatic rings. The molecule has 0 unspecified atom stereocenters. The zero-order valence-electron chi connectivity index (χ0n) is 18.9. The summed E-state index contributed by atoms with van der Waals surface area (Å²) in [5.74, 6) is 1.16. The summed E-state index contributed by atoms with van der Waals surface area (Å²) in [6.07, 6.45) is 5.32. The van der Waals surface area contributed by atoms with Crippen LogP contribution in [-0.2, 0) is 11.3 Å². The molecule has 0 aliphatic rings. The number of amides is 2. The Labute approximate surface area is 202 Å². The van der Waals surface area contributed by atoms with Gasteiger partial charge in [0.05, 0.1) is 31.2 Å². The fourth-order valence-corrected chi connectivity index (χ4v) is 3.22. The summed E-state index contributed by atoms with van der Waals surface area (Å²) < 4.78 is 13.8. The first-order chi connectivity index (χ1) is 16.6. The van der Waals surface area contributed by atoms with Gasteiger partial charge in [-0.15, -0.1) is 0 Å². The topological polar surface area (TPSA) is 107 Å². The molecule has 0 aliphatic carbocycles. The van der Waals surface area contributed by atoms with E-state index in [1.807, 2.05) is 42.1 Å². The number of pyridine rings is 1. The maximum absolute atomic E-state index is 12.0. The Morgan fingerprint density at radius 1 is 1.18 bits per heavy atom. The van der Waals surface area contributed by atoms with Gasteiger partial charge >= 0.3 is 6.03 Å². The molecule has 3 aromatic heterocycles. The van der Waals surface area contributed by atoms with Crippen LogP contribution in [0.1, 0.15) is 12.5 Å². The van der Waals surface area contributed by atoms with E-state index in [2.05, 4.69) is 38.2 Å². The van der Waals surface area contributed by atoms with Crippen LogP contribution in [0.25, 0.3) is 22.4 Å². The normalized spacial score (nSPS) is 10.9. The van der Waals surface area contributed by atoms with Crippen molar-refractivity contribution in [1.29, 1.82) is 0 Å². The van der Waals surface area contributed by atoms with Gasteiger partial charge in [-0.05, 0) is 36.8 Å². The van der Waals surface area contributed by atoms with Crippen molar-refractivity contribution >= 4 is 35.8 Å². The number of benzene rings is 1. The van der Waals surface area contributed by atoms with Gasteiger partial charge < -0.3 is 9.47 Å². The van der Waals surface area contributed by atoms with Crippen molar-refractivity contribution in [1.82, 2.24) is 29.0 Å². The molecule has 1 N–H and O–H groups in total. The molecule has 2 amide bonds. The Balaban J connectivity index is 1.49. The lowest BCUT2D eigenvalue weighted by Crippen LogP contribution is -2.27.